The molecule has 0 bridgehead atoms. The first-order chi connectivity index (χ1) is 18.9. The number of carboxylic acids is 2. The molecule has 0 aliphatic heterocycles. The number of anilines is 3. The van der Waals surface area contributed by atoms with E-state index in [9.17, 15) is 9.59 Å². The number of hydrogen-bond donors (Lipinski definition) is 2. The van der Waals surface area contributed by atoms with Crippen molar-refractivity contribution in [2.75, 3.05) is 4.90 Å². The van der Waals surface area contributed by atoms with E-state index in [0.717, 1.165) is 28.2 Å². The zero-order valence-electron chi connectivity index (χ0n) is 20.5. The van der Waals surface area contributed by atoms with Crippen molar-refractivity contribution >= 4 is 41.2 Å². The minimum Gasteiger partial charge on any atom is -0.477 e. The second-order valence-electron chi connectivity index (χ2n) is 8.38. The normalized spacial score (nSPS) is 11.2. The van der Waals surface area contributed by atoms with Crippen LogP contribution < -0.4 is 4.90 Å². The molecule has 2 N–H and O–H groups in total. The maximum atomic E-state index is 11.2. The molecule has 0 spiro atoms. The average molecular weight is 512 g/mol. The number of aliphatic carboxylic acids is 2. The monoisotopic (exact) mass is 511 g/mol. The number of nitriles is 2. The summed E-state index contributed by atoms with van der Waals surface area (Å²) in [5.41, 5.74) is 4.95. The largest absolute Gasteiger partial charge is 0.477 e. The fraction of sp³-hybridized carbons (Fsp3) is 0. The number of benzene rings is 4. The Morgan fingerprint density at radius 3 is 1.28 bits per heavy atom. The maximum absolute atomic E-state index is 11.2. The topological polar surface area (TPSA) is 125 Å². The van der Waals surface area contributed by atoms with Crippen LogP contribution in [0.1, 0.15) is 11.1 Å². The molecular formula is C32H21N3O4. The smallest absolute Gasteiger partial charge is 0.346 e. The van der Waals surface area contributed by atoms with Gasteiger partial charge in [-0.25, -0.2) is 9.59 Å². The van der Waals surface area contributed by atoms with Crippen LogP contribution in [0.25, 0.3) is 23.3 Å². The molecule has 0 aromatic heterocycles. The number of nitrogens with zero attached hydrogens (tertiary/aromatic N) is 3. The van der Waals surface area contributed by atoms with E-state index >= 15 is 0 Å². The molecule has 0 unspecified atom stereocenters. The Kier molecular flexibility index (Phi) is 7.96. The first-order valence-corrected chi connectivity index (χ1v) is 11.8. The minimum absolute atomic E-state index is 0.363. The third kappa shape index (κ3) is 6.26. The summed E-state index contributed by atoms with van der Waals surface area (Å²) in [4.78, 5) is 24.4. The molecule has 0 aliphatic rings. The standard InChI is InChI=1S/C32H21N3O4/c33-20-26(31(36)37)18-22-6-12-28(13-7-22)35(29-14-8-23(9-15-29)19-27(21-34)32(38)39)30-16-10-25(11-17-30)24-4-2-1-3-5-24/h1-19H,(H,36,37)(H,38,39)/b26-18-,27-19+. The highest BCUT2D eigenvalue weighted by Gasteiger charge is 2.14. The molecule has 0 aliphatic carbocycles. The third-order valence-corrected chi connectivity index (χ3v) is 5.86. The zero-order chi connectivity index (χ0) is 27.8. The minimum atomic E-state index is -1.29. The molecule has 4 rings (SSSR count). The van der Waals surface area contributed by atoms with Crippen molar-refractivity contribution in [3.63, 3.8) is 0 Å². The number of carbonyl (C=O) groups is 2. The molecular weight excluding hydrogens is 490 g/mol. The second-order valence-corrected chi connectivity index (χ2v) is 8.38. The van der Waals surface area contributed by atoms with E-state index in [2.05, 4.69) is 0 Å². The van der Waals surface area contributed by atoms with Crippen molar-refractivity contribution in [3.05, 3.63) is 125 Å². The van der Waals surface area contributed by atoms with Crippen LogP contribution in [0.4, 0.5) is 17.1 Å². The number of hydrogen-bond acceptors (Lipinski definition) is 5. The van der Waals surface area contributed by atoms with Gasteiger partial charge in [-0.2, -0.15) is 10.5 Å². The summed E-state index contributed by atoms with van der Waals surface area (Å²) in [5, 5.41) is 36.4. The number of carboxylic acid groups (broad SMARTS) is 2. The molecule has 0 fully saturated rings. The summed E-state index contributed by atoms with van der Waals surface area (Å²) in [6.45, 7) is 0. The quantitative estimate of drug-likeness (QED) is 0.197. The van der Waals surface area contributed by atoms with Gasteiger partial charge in [-0.05, 0) is 70.8 Å². The van der Waals surface area contributed by atoms with Crippen molar-refractivity contribution < 1.29 is 19.8 Å². The van der Waals surface area contributed by atoms with Gasteiger partial charge in [-0.3, -0.25) is 0 Å². The highest BCUT2D eigenvalue weighted by Crippen LogP contribution is 2.36. The predicted molar refractivity (Wildman–Crippen MR) is 149 cm³/mol. The lowest BCUT2D eigenvalue weighted by Crippen LogP contribution is -2.10. The molecule has 7 heteroatoms. The van der Waals surface area contributed by atoms with Gasteiger partial charge in [0.05, 0.1) is 0 Å². The van der Waals surface area contributed by atoms with Gasteiger partial charge in [0.25, 0.3) is 0 Å². The molecule has 188 valence electrons. The van der Waals surface area contributed by atoms with E-state index in [0.29, 0.717) is 11.1 Å². The maximum Gasteiger partial charge on any atom is 0.346 e. The Morgan fingerprint density at radius 2 is 0.923 bits per heavy atom. The van der Waals surface area contributed by atoms with Crippen LogP contribution in [-0.2, 0) is 9.59 Å². The Bertz CT molecular complexity index is 1560. The Morgan fingerprint density at radius 1 is 0.564 bits per heavy atom. The van der Waals surface area contributed by atoms with Crippen LogP contribution in [0, 0.1) is 22.7 Å². The summed E-state index contributed by atoms with van der Waals surface area (Å²) in [7, 11) is 0. The van der Waals surface area contributed by atoms with Crippen molar-refractivity contribution in [3.8, 4) is 23.3 Å². The number of rotatable bonds is 8. The van der Waals surface area contributed by atoms with Crippen molar-refractivity contribution in [2.45, 2.75) is 0 Å². The van der Waals surface area contributed by atoms with Gasteiger partial charge < -0.3 is 15.1 Å². The van der Waals surface area contributed by atoms with E-state index in [-0.39, 0.29) is 11.1 Å². The average Bonchev–Trinajstić information content (AvgIpc) is 2.96. The van der Waals surface area contributed by atoms with E-state index in [1.165, 1.54) is 12.2 Å². The van der Waals surface area contributed by atoms with Crippen LogP contribution in [0.3, 0.4) is 0 Å². The molecule has 0 radical (unpaired) electrons. The van der Waals surface area contributed by atoms with Crippen molar-refractivity contribution in [1.29, 1.82) is 10.5 Å². The van der Waals surface area contributed by atoms with E-state index in [1.54, 1.807) is 36.4 Å². The lowest BCUT2D eigenvalue weighted by atomic mass is 10.0. The Balaban J connectivity index is 1.75. The van der Waals surface area contributed by atoms with Gasteiger partial charge in [0, 0.05) is 17.1 Å². The molecule has 0 amide bonds. The van der Waals surface area contributed by atoms with E-state index in [1.807, 2.05) is 83.8 Å². The van der Waals surface area contributed by atoms with E-state index < -0.39 is 11.9 Å². The Labute approximate surface area is 225 Å². The summed E-state index contributed by atoms with van der Waals surface area (Å²) < 4.78 is 0. The highest BCUT2D eigenvalue weighted by molar-refractivity contribution is 5.97. The summed E-state index contributed by atoms with van der Waals surface area (Å²) in [6, 6.07) is 35.5. The van der Waals surface area contributed by atoms with Crippen molar-refractivity contribution in [2.24, 2.45) is 0 Å². The van der Waals surface area contributed by atoms with Crippen molar-refractivity contribution in [1.82, 2.24) is 0 Å². The summed E-state index contributed by atoms with van der Waals surface area (Å²) in [6.07, 6.45) is 2.61. The lowest BCUT2D eigenvalue weighted by Gasteiger charge is -2.26. The van der Waals surface area contributed by atoms with Gasteiger partial charge >= 0.3 is 11.9 Å². The van der Waals surface area contributed by atoms with Gasteiger partial charge in [0.15, 0.2) is 0 Å². The van der Waals surface area contributed by atoms with Gasteiger partial charge in [-0.15, -0.1) is 0 Å². The molecule has 0 saturated heterocycles. The lowest BCUT2D eigenvalue weighted by molar-refractivity contribution is -0.133. The van der Waals surface area contributed by atoms with Crippen LogP contribution in [0.5, 0.6) is 0 Å². The SMILES string of the molecule is N#C/C(=C/c1ccc(N(c2ccc(/C=C(\C#N)C(=O)O)cc2)c2ccc(-c3ccccc3)cc2)cc1)C(=O)O. The summed E-state index contributed by atoms with van der Waals surface area (Å²) >= 11 is 0. The fourth-order valence-electron chi connectivity index (χ4n) is 3.94. The highest BCUT2D eigenvalue weighted by atomic mass is 16.4. The van der Waals surface area contributed by atoms with Crippen LogP contribution in [0.2, 0.25) is 0 Å². The molecule has 0 heterocycles. The molecule has 4 aromatic carbocycles. The molecule has 39 heavy (non-hydrogen) atoms. The van der Waals surface area contributed by atoms with Crippen LogP contribution in [0.15, 0.2) is 114 Å². The van der Waals surface area contributed by atoms with E-state index in [4.69, 9.17) is 20.7 Å². The van der Waals surface area contributed by atoms with Crippen LogP contribution >= 0.6 is 0 Å². The molecule has 7 nitrogen and oxygen atoms in total. The first-order valence-electron chi connectivity index (χ1n) is 11.8. The molecule has 0 saturated carbocycles. The molecule has 0 atom stereocenters. The fourth-order valence-corrected chi connectivity index (χ4v) is 3.94. The Hall–Kier alpha value is -5.92. The second kappa shape index (κ2) is 11.9. The van der Waals surface area contributed by atoms with Gasteiger partial charge in [0.2, 0.25) is 0 Å². The predicted octanol–water partition coefficient (Wildman–Crippen LogP) is 6.81. The molecule has 4 aromatic rings. The van der Waals surface area contributed by atoms with Crippen LogP contribution in [-0.4, -0.2) is 22.2 Å². The zero-order valence-corrected chi connectivity index (χ0v) is 20.5. The first kappa shape index (κ1) is 26.2. The van der Waals surface area contributed by atoms with Gasteiger partial charge in [0.1, 0.15) is 23.3 Å². The summed E-state index contributed by atoms with van der Waals surface area (Å²) in [5.74, 6) is -2.59. The third-order valence-electron chi connectivity index (χ3n) is 5.86. The van der Waals surface area contributed by atoms with Gasteiger partial charge in [-0.1, -0.05) is 66.7 Å².